The van der Waals surface area contributed by atoms with Crippen LogP contribution < -0.4 is 10.6 Å². The molecule has 1 amide bonds. The minimum atomic E-state index is -4.67. The molecule has 3 rings (SSSR count). The van der Waals surface area contributed by atoms with Crippen LogP contribution in [-0.4, -0.2) is 28.9 Å². The van der Waals surface area contributed by atoms with Gasteiger partial charge in [-0.3, -0.25) is 14.9 Å². The number of carbonyl (C=O) groups excluding carboxylic acids is 1. The Morgan fingerprint density at radius 3 is 2.54 bits per heavy atom. The van der Waals surface area contributed by atoms with Crippen molar-refractivity contribution in [1.82, 2.24) is 10.3 Å². The number of carbonyl (C=O) groups is 1. The molecule has 146 valence electrons. The Labute approximate surface area is 156 Å². The number of hydrogen-bond acceptors (Lipinski definition) is 4. The number of nitrogens with zero attached hydrogens (tertiary/aromatic N) is 1. The second-order valence-corrected chi connectivity index (χ2v) is 5.94. The van der Waals surface area contributed by atoms with E-state index in [1.807, 2.05) is 24.3 Å². The van der Waals surface area contributed by atoms with Crippen molar-refractivity contribution in [2.45, 2.75) is 6.18 Å². The van der Waals surface area contributed by atoms with Crippen molar-refractivity contribution in [3.8, 4) is 0 Å². The number of para-hydroxylation sites is 1. The van der Waals surface area contributed by atoms with Gasteiger partial charge in [0.05, 0.1) is 10.5 Å². The molecule has 0 unspecified atom stereocenters. The molecule has 0 radical (unpaired) electrons. The van der Waals surface area contributed by atoms with Crippen molar-refractivity contribution in [1.29, 1.82) is 0 Å². The second-order valence-electron chi connectivity index (χ2n) is 5.94. The lowest BCUT2D eigenvalue weighted by atomic mass is 10.1. The van der Waals surface area contributed by atoms with Gasteiger partial charge in [0.1, 0.15) is 11.4 Å². The van der Waals surface area contributed by atoms with E-state index in [2.05, 4.69) is 15.6 Å². The monoisotopic (exact) mass is 392 g/mol. The molecule has 1 heterocycles. The fourth-order valence-corrected chi connectivity index (χ4v) is 2.67. The van der Waals surface area contributed by atoms with Crippen LogP contribution in [-0.2, 0) is 6.18 Å². The van der Waals surface area contributed by atoms with E-state index >= 15 is 0 Å². The minimum Gasteiger partial charge on any atom is -0.378 e. The lowest BCUT2D eigenvalue weighted by Crippen LogP contribution is -2.29. The predicted molar refractivity (Wildman–Crippen MR) is 97.2 cm³/mol. The van der Waals surface area contributed by atoms with Crippen molar-refractivity contribution in [3.63, 3.8) is 0 Å². The fourth-order valence-electron chi connectivity index (χ4n) is 2.67. The third-order valence-corrected chi connectivity index (χ3v) is 4.02. The number of H-pyrrole nitrogens is 1. The second kappa shape index (κ2) is 7.59. The van der Waals surface area contributed by atoms with Crippen LogP contribution in [0.4, 0.5) is 24.5 Å². The van der Waals surface area contributed by atoms with Crippen LogP contribution in [0.25, 0.3) is 10.9 Å². The maximum absolute atomic E-state index is 12.7. The number of nitro groups is 1. The third-order valence-electron chi connectivity index (χ3n) is 4.02. The first-order valence-electron chi connectivity index (χ1n) is 8.21. The van der Waals surface area contributed by atoms with E-state index in [1.165, 1.54) is 0 Å². The molecule has 28 heavy (non-hydrogen) atoms. The van der Waals surface area contributed by atoms with Crippen molar-refractivity contribution in [2.24, 2.45) is 0 Å². The molecule has 2 aromatic carbocycles. The Kier molecular flexibility index (Phi) is 5.21. The first kappa shape index (κ1) is 19.2. The Balaban J connectivity index is 1.60. The minimum absolute atomic E-state index is 0.0575. The van der Waals surface area contributed by atoms with Gasteiger partial charge in [-0.25, -0.2) is 0 Å². The van der Waals surface area contributed by atoms with Crippen LogP contribution in [0.2, 0.25) is 0 Å². The molecule has 0 saturated carbocycles. The highest BCUT2D eigenvalue weighted by Crippen LogP contribution is 2.34. The maximum Gasteiger partial charge on any atom is 0.416 e. The van der Waals surface area contributed by atoms with Crippen LogP contribution in [0.1, 0.15) is 16.1 Å². The zero-order valence-electron chi connectivity index (χ0n) is 14.3. The molecule has 0 aliphatic carbocycles. The number of hydrogen-bond donors (Lipinski definition) is 3. The Hall–Kier alpha value is -3.56. The van der Waals surface area contributed by atoms with Crippen molar-refractivity contribution >= 4 is 28.2 Å². The fraction of sp³-hybridized carbons (Fsp3) is 0.167. The SMILES string of the molecule is O=C(NCCNc1ccc(C(F)(F)F)cc1[N+](=O)[O-])c1cc2ccccc2[nH]1. The van der Waals surface area contributed by atoms with E-state index in [0.29, 0.717) is 11.8 Å². The van der Waals surface area contributed by atoms with Gasteiger partial charge in [-0.05, 0) is 24.3 Å². The Morgan fingerprint density at radius 1 is 1.11 bits per heavy atom. The van der Waals surface area contributed by atoms with E-state index in [9.17, 15) is 28.1 Å². The summed E-state index contributed by atoms with van der Waals surface area (Å²) < 4.78 is 38.1. The van der Waals surface area contributed by atoms with E-state index < -0.39 is 22.4 Å². The molecule has 0 saturated heterocycles. The molecule has 0 aliphatic rings. The first-order chi connectivity index (χ1) is 13.3. The lowest BCUT2D eigenvalue weighted by Gasteiger charge is -2.11. The summed E-state index contributed by atoms with van der Waals surface area (Å²) in [5.41, 5.74) is -0.667. The van der Waals surface area contributed by atoms with Crippen LogP contribution >= 0.6 is 0 Å². The van der Waals surface area contributed by atoms with Gasteiger partial charge in [0, 0.05) is 30.1 Å². The van der Waals surface area contributed by atoms with Gasteiger partial charge in [-0.2, -0.15) is 13.2 Å². The summed E-state index contributed by atoms with van der Waals surface area (Å²) in [6.45, 7) is 0.213. The average Bonchev–Trinajstić information content (AvgIpc) is 3.08. The molecule has 0 spiro atoms. The zero-order chi connectivity index (χ0) is 20.3. The van der Waals surface area contributed by atoms with E-state index in [0.717, 1.165) is 23.0 Å². The molecule has 1 aromatic heterocycles. The quantitative estimate of drug-likeness (QED) is 0.336. The molecule has 3 aromatic rings. The summed E-state index contributed by atoms with van der Waals surface area (Å²) in [6, 6.07) is 11.3. The van der Waals surface area contributed by atoms with Crippen molar-refractivity contribution in [3.05, 3.63) is 69.9 Å². The summed E-state index contributed by atoms with van der Waals surface area (Å²) >= 11 is 0. The largest absolute Gasteiger partial charge is 0.416 e. The van der Waals surface area contributed by atoms with Crippen molar-refractivity contribution in [2.75, 3.05) is 18.4 Å². The number of aromatic amines is 1. The van der Waals surface area contributed by atoms with Crippen LogP contribution in [0.3, 0.4) is 0 Å². The number of benzene rings is 2. The Morgan fingerprint density at radius 2 is 1.86 bits per heavy atom. The lowest BCUT2D eigenvalue weighted by molar-refractivity contribution is -0.384. The molecule has 0 bridgehead atoms. The van der Waals surface area contributed by atoms with Gasteiger partial charge in [0.2, 0.25) is 0 Å². The topological polar surface area (TPSA) is 100 Å². The van der Waals surface area contributed by atoms with Gasteiger partial charge in [-0.15, -0.1) is 0 Å². The average molecular weight is 392 g/mol. The van der Waals surface area contributed by atoms with Gasteiger partial charge in [-0.1, -0.05) is 18.2 Å². The smallest absolute Gasteiger partial charge is 0.378 e. The molecule has 10 heteroatoms. The van der Waals surface area contributed by atoms with Gasteiger partial charge in [0.25, 0.3) is 11.6 Å². The Bertz CT molecular complexity index is 997. The van der Waals surface area contributed by atoms with Gasteiger partial charge >= 0.3 is 6.18 Å². The molecular weight excluding hydrogens is 377 g/mol. The van der Waals surface area contributed by atoms with Crippen LogP contribution in [0.5, 0.6) is 0 Å². The van der Waals surface area contributed by atoms with Gasteiger partial charge in [0.15, 0.2) is 0 Å². The number of anilines is 1. The number of rotatable bonds is 6. The molecule has 7 nitrogen and oxygen atoms in total. The third kappa shape index (κ3) is 4.22. The number of nitro benzene ring substituents is 1. The maximum atomic E-state index is 12.7. The van der Waals surface area contributed by atoms with Crippen LogP contribution in [0, 0.1) is 10.1 Å². The van der Waals surface area contributed by atoms with Gasteiger partial charge < -0.3 is 15.6 Å². The highest BCUT2D eigenvalue weighted by molar-refractivity contribution is 5.97. The summed E-state index contributed by atoms with van der Waals surface area (Å²) in [6.07, 6.45) is -4.67. The number of aromatic nitrogens is 1. The van der Waals surface area contributed by atoms with Crippen LogP contribution in [0.15, 0.2) is 48.5 Å². The summed E-state index contributed by atoms with van der Waals surface area (Å²) in [4.78, 5) is 25.3. The van der Waals surface area contributed by atoms with E-state index in [4.69, 9.17) is 0 Å². The molecule has 0 atom stereocenters. The predicted octanol–water partition coefficient (Wildman–Crippen LogP) is 3.94. The van der Waals surface area contributed by atoms with E-state index in [1.54, 1.807) is 6.07 Å². The normalized spacial score (nSPS) is 11.4. The molecule has 0 aliphatic heterocycles. The number of alkyl halides is 3. The molecule has 3 N–H and O–H groups in total. The molecular formula is C18H15F3N4O3. The zero-order valence-corrected chi connectivity index (χ0v) is 14.3. The summed E-state index contributed by atoms with van der Waals surface area (Å²) in [5.74, 6) is -0.361. The van der Waals surface area contributed by atoms with E-state index in [-0.39, 0.29) is 24.7 Å². The highest BCUT2D eigenvalue weighted by Gasteiger charge is 2.33. The number of amides is 1. The number of halogens is 3. The highest BCUT2D eigenvalue weighted by atomic mass is 19.4. The standard InChI is InChI=1S/C18H15F3N4O3/c19-18(20,21)12-5-6-14(16(10-12)25(27)28)22-7-8-23-17(26)15-9-11-3-1-2-4-13(11)24-15/h1-6,9-10,22,24H,7-8H2,(H,23,26). The molecule has 0 fully saturated rings. The first-order valence-corrected chi connectivity index (χ1v) is 8.21. The summed E-state index contributed by atoms with van der Waals surface area (Å²) in [7, 11) is 0. The summed E-state index contributed by atoms with van der Waals surface area (Å²) in [5, 5.41) is 17.2. The van der Waals surface area contributed by atoms with Crippen molar-refractivity contribution < 1.29 is 22.9 Å². The number of nitrogens with one attached hydrogen (secondary N) is 3. The number of fused-ring (bicyclic) bond motifs is 1.